The predicted octanol–water partition coefficient (Wildman–Crippen LogP) is 4.45. The summed E-state index contributed by atoms with van der Waals surface area (Å²) in [5, 5.41) is 3.26. The second-order valence-electron chi connectivity index (χ2n) is 5.16. The van der Waals surface area contributed by atoms with Crippen LogP contribution in [0.15, 0.2) is 34.8 Å². The number of rotatable bonds is 3. The lowest BCUT2D eigenvalue weighted by atomic mass is 10.1. The monoisotopic (exact) mass is 353 g/mol. The largest absolute Gasteiger partial charge is 0.488 e. The predicted molar refractivity (Wildman–Crippen MR) is 81.8 cm³/mol. The molecule has 0 aliphatic carbocycles. The Morgan fingerprint density at radius 2 is 2.10 bits per heavy atom. The van der Waals surface area contributed by atoms with Crippen molar-refractivity contribution in [2.75, 3.05) is 11.9 Å². The average molecular weight is 354 g/mol. The number of halogens is 3. The smallest absolute Gasteiger partial charge is 0.137 e. The van der Waals surface area contributed by atoms with Gasteiger partial charge in [-0.3, -0.25) is 0 Å². The summed E-state index contributed by atoms with van der Waals surface area (Å²) < 4.78 is 32.7. The summed E-state index contributed by atoms with van der Waals surface area (Å²) in [5.74, 6) is 0.211. The minimum Gasteiger partial charge on any atom is -0.488 e. The molecule has 0 aromatic heterocycles. The fraction of sp³-hybridized carbons (Fsp3) is 0.250. The maximum absolute atomic E-state index is 13.4. The van der Waals surface area contributed by atoms with Gasteiger partial charge < -0.3 is 10.1 Å². The minimum absolute atomic E-state index is 0.0509. The molecule has 1 heterocycles. The van der Waals surface area contributed by atoms with Crippen LogP contribution in [0.25, 0.3) is 0 Å². The normalized spacial score (nSPS) is 16.5. The fourth-order valence-corrected chi connectivity index (χ4v) is 2.81. The lowest BCUT2D eigenvalue weighted by molar-refractivity contribution is 0.246. The topological polar surface area (TPSA) is 21.3 Å². The van der Waals surface area contributed by atoms with Gasteiger partial charge >= 0.3 is 0 Å². The highest BCUT2D eigenvalue weighted by Crippen LogP contribution is 2.30. The number of benzene rings is 2. The molecule has 1 unspecified atom stereocenters. The van der Waals surface area contributed by atoms with Gasteiger partial charge in [0.2, 0.25) is 0 Å². The standard InChI is InChI=1S/C16H14BrF2NO/c1-9-4-14(19)13(17)7-15(9)20-8-12-6-10-5-11(18)2-3-16(10)21-12/h2-5,7,12,20H,6,8H2,1H3. The average Bonchev–Trinajstić information content (AvgIpc) is 2.83. The Balaban J connectivity index is 1.66. The fourth-order valence-electron chi connectivity index (χ4n) is 2.46. The molecule has 1 aliphatic heterocycles. The second kappa shape index (κ2) is 5.64. The molecular formula is C16H14BrF2NO. The number of nitrogens with one attached hydrogen (secondary N) is 1. The van der Waals surface area contributed by atoms with Crippen LogP contribution in [0.1, 0.15) is 11.1 Å². The van der Waals surface area contributed by atoms with Crippen LogP contribution in [0.2, 0.25) is 0 Å². The molecule has 0 saturated carbocycles. The van der Waals surface area contributed by atoms with Gasteiger partial charge in [-0.25, -0.2) is 8.78 Å². The zero-order valence-electron chi connectivity index (χ0n) is 11.4. The third-order valence-electron chi connectivity index (χ3n) is 3.55. The SMILES string of the molecule is Cc1cc(F)c(Br)cc1NCC1Cc2cc(F)ccc2O1. The van der Waals surface area contributed by atoms with E-state index in [0.29, 0.717) is 17.4 Å². The van der Waals surface area contributed by atoms with Crippen molar-refractivity contribution in [3.63, 3.8) is 0 Å². The quantitative estimate of drug-likeness (QED) is 0.879. The van der Waals surface area contributed by atoms with Crippen molar-refractivity contribution in [2.24, 2.45) is 0 Å². The highest BCUT2D eigenvalue weighted by Gasteiger charge is 2.23. The van der Waals surface area contributed by atoms with Crippen LogP contribution in [-0.2, 0) is 6.42 Å². The molecule has 2 nitrogen and oxygen atoms in total. The van der Waals surface area contributed by atoms with E-state index >= 15 is 0 Å². The van der Waals surface area contributed by atoms with Gasteiger partial charge in [0.25, 0.3) is 0 Å². The highest BCUT2D eigenvalue weighted by molar-refractivity contribution is 9.10. The van der Waals surface area contributed by atoms with Crippen LogP contribution < -0.4 is 10.1 Å². The molecule has 5 heteroatoms. The van der Waals surface area contributed by atoms with Crippen LogP contribution >= 0.6 is 15.9 Å². The van der Waals surface area contributed by atoms with Crippen LogP contribution in [0.3, 0.4) is 0 Å². The number of hydrogen-bond acceptors (Lipinski definition) is 2. The van der Waals surface area contributed by atoms with Crippen molar-refractivity contribution in [3.8, 4) is 5.75 Å². The molecule has 0 saturated heterocycles. The summed E-state index contributed by atoms with van der Waals surface area (Å²) in [5.41, 5.74) is 2.57. The van der Waals surface area contributed by atoms with Gasteiger partial charge in [0.15, 0.2) is 0 Å². The van der Waals surface area contributed by atoms with E-state index in [4.69, 9.17) is 4.74 Å². The van der Waals surface area contributed by atoms with E-state index in [1.807, 2.05) is 6.92 Å². The summed E-state index contributed by atoms with van der Waals surface area (Å²) in [6, 6.07) is 7.76. The van der Waals surface area contributed by atoms with Crippen LogP contribution in [0.4, 0.5) is 14.5 Å². The molecule has 2 aromatic rings. The molecule has 110 valence electrons. The molecule has 2 aromatic carbocycles. The molecule has 0 fully saturated rings. The summed E-state index contributed by atoms with van der Waals surface area (Å²) in [4.78, 5) is 0. The van der Waals surface area contributed by atoms with Crippen LogP contribution in [0, 0.1) is 18.6 Å². The Morgan fingerprint density at radius 1 is 1.29 bits per heavy atom. The first-order valence-corrected chi connectivity index (χ1v) is 7.47. The number of ether oxygens (including phenoxy) is 1. The van der Waals surface area contributed by atoms with E-state index in [1.165, 1.54) is 18.2 Å². The highest BCUT2D eigenvalue weighted by atomic mass is 79.9. The van der Waals surface area contributed by atoms with E-state index in [-0.39, 0.29) is 17.7 Å². The summed E-state index contributed by atoms with van der Waals surface area (Å²) in [7, 11) is 0. The number of aryl methyl sites for hydroxylation is 1. The van der Waals surface area contributed by atoms with Gasteiger partial charge in [-0.05, 0) is 58.7 Å². The van der Waals surface area contributed by atoms with Gasteiger partial charge in [-0.2, -0.15) is 0 Å². The molecule has 1 N–H and O–H groups in total. The van der Waals surface area contributed by atoms with Crippen molar-refractivity contribution >= 4 is 21.6 Å². The van der Waals surface area contributed by atoms with Gasteiger partial charge in [-0.1, -0.05) is 0 Å². The van der Waals surface area contributed by atoms with Crippen molar-refractivity contribution in [2.45, 2.75) is 19.4 Å². The molecule has 0 spiro atoms. The van der Waals surface area contributed by atoms with Gasteiger partial charge in [0, 0.05) is 17.7 Å². The zero-order chi connectivity index (χ0) is 15.0. The van der Waals surface area contributed by atoms with E-state index in [0.717, 1.165) is 22.6 Å². The Bertz CT molecular complexity index is 690. The Kier molecular flexibility index (Phi) is 3.85. The third-order valence-corrected chi connectivity index (χ3v) is 4.16. The van der Waals surface area contributed by atoms with Gasteiger partial charge in [-0.15, -0.1) is 0 Å². The summed E-state index contributed by atoms with van der Waals surface area (Å²) in [6.45, 7) is 2.42. The first-order valence-electron chi connectivity index (χ1n) is 6.67. The zero-order valence-corrected chi connectivity index (χ0v) is 13.0. The lowest BCUT2D eigenvalue weighted by Gasteiger charge is -2.15. The molecule has 0 bridgehead atoms. The van der Waals surface area contributed by atoms with Crippen LogP contribution in [-0.4, -0.2) is 12.6 Å². The summed E-state index contributed by atoms with van der Waals surface area (Å²) >= 11 is 3.18. The molecule has 0 amide bonds. The Labute approximate surface area is 130 Å². The van der Waals surface area contributed by atoms with Crippen molar-refractivity contribution < 1.29 is 13.5 Å². The molecular weight excluding hydrogens is 340 g/mol. The van der Waals surface area contributed by atoms with E-state index < -0.39 is 0 Å². The lowest BCUT2D eigenvalue weighted by Crippen LogP contribution is -2.24. The summed E-state index contributed by atoms with van der Waals surface area (Å²) in [6.07, 6.45) is 0.617. The van der Waals surface area contributed by atoms with Crippen LogP contribution in [0.5, 0.6) is 5.75 Å². The Hall–Kier alpha value is -1.62. The van der Waals surface area contributed by atoms with Crippen molar-refractivity contribution in [1.82, 2.24) is 0 Å². The minimum atomic E-state index is -0.280. The van der Waals surface area contributed by atoms with Crippen molar-refractivity contribution in [3.05, 3.63) is 57.6 Å². The molecule has 1 aliphatic rings. The van der Waals surface area contributed by atoms with Gasteiger partial charge in [0.1, 0.15) is 23.5 Å². The number of anilines is 1. The van der Waals surface area contributed by atoms with E-state index in [1.54, 1.807) is 12.1 Å². The number of fused-ring (bicyclic) bond motifs is 1. The molecule has 1 atom stereocenters. The molecule has 3 rings (SSSR count). The van der Waals surface area contributed by atoms with Crippen molar-refractivity contribution in [1.29, 1.82) is 0 Å². The van der Waals surface area contributed by atoms with E-state index in [9.17, 15) is 8.78 Å². The third kappa shape index (κ3) is 3.02. The number of hydrogen-bond donors (Lipinski definition) is 1. The van der Waals surface area contributed by atoms with E-state index in [2.05, 4.69) is 21.2 Å². The first-order chi connectivity index (χ1) is 10.0. The maximum Gasteiger partial charge on any atom is 0.137 e. The maximum atomic E-state index is 13.4. The van der Waals surface area contributed by atoms with Gasteiger partial charge in [0.05, 0.1) is 11.0 Å². The molecule has 0 radical (unpaired) electrons. The second-order valence-corrected chi connectivity index (χ2v) is 6.01. The Morgan fingerprint density at radius 3 is 2.90 bits per heavy atom. The molecule has 21 heavy (non-hydrogen) atoms. The first kappa shape index (κ1) is 14.3.